The number of rotatable bonds is 5. The molecular formula is C15H22BrFN2O. The summed E-state index contributed by atoms with van der Waals surface area (Å²) in [4.78, 5) is 2.37. The highest BCUT2D eigenvalue weighted by Gasteiger charge is 2.25. The Labute approximate surface area is 128 Å². The lowest BCUT2D eigenvalue weighted by atomic mass is 10.0. The monoisotopic (exact) mass is 344 g/mol. The molecule has 5 heteroatoms. The largest absolute Gasteiger partial charge is 0.378 e. The Kier molecular flexibility index (Phi) is 5.96. The van der Waals surface area contributed by atoms with E-state index in [4.69, 9.17) is 10.5 Å². The predicted molar refractivity (Wildman–Crippen MR) is 82.1 cm³/mol. The molecular weight excluding hydrogens is 323 g/mol. The Morgan fingerprint density at radius 2 is 2.15 bits per heavy atom. The van der Waals surface area contributed by atoms with Gasteiger partial charge in [-0.05, 0) is 53.4 Å². The average Bonchev–Trinajstić information content (AvgIpc) is 2.46. The molecule has 1 aromatic carbocycles. The molecule has 1 aliphatic heterocycles. The van der Waals surface area contributed by atoms with Gasteiger partial charge in [-0.2, -0.15) is 0 Å². The van der Waals surface area contributed by atoms with Crippen molar-refractivity contribution in [2.75, 3.05) is 26.2 Å². The van der Waals surface area contributed by atoms with Crippen LogP contribution in [0.4, 0.5) is 4.39 Å². The molecule has 0 radical (unpaired) electrons. The molecule has 1 unspecified atom stereocenters. The van der Waals surface area contributed by atoms with Crippen LogP contribution in [0.5, 0.6) is 0 Å². The zero-order chi connectivity index (χ0) is 14.5. The van der Waals surface area contributed by atoms with Crippen LogP contribution in [0.1, 0.15) is 31.4 Å². The van der Waals surface area contributed by atoms with Crippen LogP contribution >= 0.6 is 15.9 Å². The van der Waals surface area contributed by atoms with Gasteiger partial charge in [0.2, 0.25) is 0 Å². The second kappa shape index (κ2) is 7.50. The highest BCUT2D eigenvalue weighted by Crippen LogP contribution is 2.27. The van der Waals surface area contributed by atoms with Gasteiger partial charge < -0.3 is 10.5 Å². The molecule has 1 aromatic rings. The van der Waals surface area contributed by atoms with Gasteiger partial charge in [0.25, 0.3) is 0 Å². The van der Waals surface area contributed by atoms with Crippen molar-refractivity contribution in [1.82, 2.24) is 4.90 Å². The van der Waals surface area contributed by atoms with E-state index >= 15 is 0 Å². The van der Waals surface area contributed by atoms with Crippen molar-refractivity contribution >= 4 is 15.9 Å². The lowest BCUT2D eigenvalue weighted by Gasteiger charge is -2.37. The van der Waals surface area contributed by atoms with Crippen LogP contribution in [0.2, 0.25) is 0 Å². The third-order valence-electron chi connectivity index (χ3n) is 3.87. The van der Waals surface area contributed by atoms with Crippen LogP contribution in [-0.2, 0) is 4.74 Å². The van der Waals surface area contributed by atoms with E-state index in [0.717, 1.165) is 38.1 Å². The topological polar surface area (TPSA) is 38.5 Å². The number of nitrogens with two attached hydrogens (primary N) is 1. The molecule has 1 aliphatic rings. The minimum atomic E-state index is -0.237. The first-order chi connectivity index (χ1) is 9.65. The maximum atomic E-state index is 13.3. The Morgan fingerprint density at radius 3 is 2.70 bits per heavy atom. The van der Waals surface area contributed by atoms with E-state index < -0.39 is 0 Å². The highest BCUT2D eigenvalue weighted by atomic mass is 79.9. The van der Waals surface area contributed by atoms with Gasteiger partial charge in [0.1, 0.15) is 5.82 Å². The summed E-state index contributed by atoms with van der Waals surface area (Å²) in [5.41, 5.74) is 7.00. The quantitative estimate of drug-likeness (QED) is 0.891. The fraction of sp³-hybridized carbons (Fsp3) is 0.600. The lowest BCUT2D eigenvalue weighted by Crippen LogP contribution is -2.41. The van der Waals surface area contributed by atoms with Gasteiger partial charge in [-0.25, -0.2) is 4.39 Å². The van der Waals surface area contributed by atoms with Crippen molar-refractivity contribution in [3.05, 3.63) is 34.1 Å². The molecule has 1 atom stereocenters. The van der Waals surface area contributed by atoms with E-state index in [1.54, 1.807) is 0 Å². The Balaban J connectivity index is 2.03. The summed E-state index contributed by atoms with van der Waals surface area (Å²) < 4.78 is 19.5. The Morgan fingerprint density at radius 1 is 1.45 bits per heavy atom. The lowest BCUT2D eigenvalue weighted by molar-refractivity contribution is 0.00451. The zero-order valence-corrected chi connectivity index (χ0v) is 13.4. The number of benzene rings is 1. The highest BCUT2D eigenvalue weighted by molar-refractivity contribution is 9.10. The Hall–Kier alpha value is -0.490. The molecule has 0 aromatic heterocycles. The van der Waals surface area contributed by atoms with Crippen LogP contribution in [0.3, 0.4) is 0 Å². The first kappa shape index (κ1) is 15.9. The molecule has 112 valence electrons. The zero-order valence-electron chi connectivity index (χ0n) is 11.8. The molecule has 1 heterocycles. The van der Waals surface area contributed by atoms with E-state index in [1.807, 2.05) is 19.1 Å². The van der Waals surface area contributed by atoms with Crippen molar-refractivity contribution in [2.24, 2.45) is 5.73 Å². The van der Waals surface area contributed by atoms with E-state index in [0.29, 0.717) is 17.1 Å². The minimum Gasteiger partial charge on any atom is -0.378 e. The maximum Gasteiger partial charge on any atom is 0.137 e. The first-order valence-electron chi connectivity index (χ1n) is 7.16. The van der Waals surface area contributed by atoms with Gasteiger partial charge in [-0.15, -0.1) is 0 Å². The summed E-state index contributed by atoms with van der Waals surface area (Å²) in [5, 5.41) is 0. The number of nitrogens with zero attached hydrogens (tertiary/aromatic N) is 1. The van der Waals surface area contributed by atoms with Crippen molar-refractivity contribution in [3.63, 3.8) is 0 Å². The van der Waals surface area contributed by atoms with Crippen LogP contribution < -0.4 is 5.73 Å². The maximum absolute atomic E-state index is 13.3. The van der Waals surface area contributed by atoms with E-state index in [2.05, 4.69) is 20.8 Å². The van der Waals surface area contributed by atoms with Crippen molar-refractivity contribution in [2.45, 2.75) is 31.9 Å². The van der Waals surface area contributed by atoms with Crippen molar-refractivity contribution in [1.29, 1.82) is 0 Å². The molecule has 0 spiro atoms. The molecule has 20 heavy (non-hydrogen) atoms. The van der Waals surface area contributed by atoms with Crippen LogP contribution in [0, 0.1) is 5.82 Å². The summed E-state index contributed by atoms with van der Waals surface area (Å²) in [5.74, 6) is -0.237. The second-order valence-electron chi connectivity index (χ2n) is 5.12. The number of piperidine rings is 1. The molecule has 2 N–H and O–H groups in total. The van der Waals surface area contributed by atoms with Gasteiger partial charge in [0.15, 0.2) is 0 Å². The second-order valence-corrected chi connectivity index (χ2v) is 5.97. The van der Waals surface area contributed by atoms with E-state index in [9.17, 15) is 4.39 Å². The number of likely N-dealkylation sites (tertiary alicyclic amines) is 1. The standard InChI is InChI=1S/C15H22BrFN2O/c1-2-20-12-5-7-19(8-6-12)15(10-18)11-3-4-14(17)13(16)9-11/h3-4,9,12,15H,2,5-8,10,18H2,1H3. The molecule has 0 bridgehead atoms. The van der Waals surface area contributed by atoms with Gasteiger partial charge in [0, 0.05) is 32.3 Å². The number of hydrogen-bond acceptors (Lipinski definition) is 3. The Bertz CT molecular complexity index is 436. The third kappa shape index (κ3) is 3.79. The van der Waals surface area contributed by atoms with Crippen molar-refractivity contribution in [3.8, 4) is 0 Å². The summed E-state index contributed by atoms with van der Waals surface area (Å²) >= 11 is 3.24. The molecule has 0 saturated carbocycles. The molecule has 1 fully saturated rings. The summed E-state index contributed by atoms with van der Waals surface area (Å²) in [6, 6.07) is 5.30. The molecule has 1 saturated heterocycles. The predicted octanol–water partition coefficient (Wildman–Crippen LogP) is 3.09. The van der Waals surface area contributed by atoms with Gasteiger partial charge in [0.05, 0.1) is 10.6 Å². The fourth-order valence-corrected chi connectivity index (χ4v) is 3.20. The summed E-state index contributed by atoms with van der Waals surface area (Å²) in [6.45, 7) is 5.29. The van der Waals surface area contributed by atoms with Gasteiger partial charge >= 0.3 is 0 Å². The molecule has 2 rings (SSSR count). The minimum absolute atomic E-state index is 0.148. The fourth-order valence-electron chi connectivity index (χ4n) is 2.81. The molecule has 0 aliphatic carbocycles. The molecule has 3 nitrogen and oxygen atoms in total. The van der Waals surface area contributed by atoms with Gasteiger partial charge in [-0.1, -0.05) is 6.07 Å². The van der Waals surface area contributed by atoms with Gasteiger partial charge in [-0.3, -0.25) is 4.90 Å². The first-order valence-corrected chi connectivity index (χ1v) is 7.95. The van der Waals surface area contributed by atoms with Crippen LogP contribution in [0.15, 0.2) is 22.7 Å². The van der Waals surface area contributed by atoms with E-state index in [-0.39, 0.29) is 11.9 Å². The average molecular weight is 345 g/mol. The number of hydrogen-bond donors (Lipinski definition) is 1. The van der Waals surface area contributed by atoms with Crippen molar-refractivity contribution < 1.29 is 9.13 Å². The summed E-state index contributed by atoms with van der Waals surface area (Å²) in [6.07, 6.45) is 2.44. The third-order valence-corrected chi connectivity index (χ3v) is 4.48. The van der Waals surface area contributed by atoms with Crippen LogP contribution in [-0.4, -0.2) is 37.2 Å². The number of halogens is 2. The molecule has 0 amide bonds. The smallest absolute Gasteiger partial charge is 0.137 e. The summed E-state index contributed by atoms with van der Waals surface area (Å²) in [7, 11) is 0. The van der Waals surface area contributed by atoms with E-state index in [1.165, 1.54) is 6.07 Å². The SMILES string of the molecule is CCOC1CCN(C(CN)c2ccc(F)c(Br)c2)CC1. The number of ether oxygens (including phenoxy) is 1. The normalized spacial score (nSPS) is 19.2. The van der Waals surface area contributed by atoms with Crippen LogP contribution in [0.25, 0.3) is 0 Å².